The lowest BCUT2D eigenvalue weighted by atomic mass is 10.0. The second-order valence-corrected chi connectivity index (χ2v) is 8.89. The number of nitrogens with one attached hydrogen (secondary N) is 1. The van der Waals surface area contributed by atoms with Crippen molar-refractivity contribution in [2.75, 3.05) is 32.7 Å². The van der Waals surface area contributed by atoms with Gasteiger partial charge in [0.15, 0.2) is 0 Å². The van der Waals surface area contributed by atoms with Gasteiger partial charge in [0.1, 0.15) is 0 Å². The first-order valence-corrected chi connectivity index (χ1v) is 10.5. The summed E-state index contributed by atoms with van der Waals surface area (Å²) < 4.78 is 35.6. The van der Waals surface area contributed by atoms with Crippen LogP contribution in [0.15, 0.2) is 24.3 Å². The molecule has 0 bridgehead atoms. The SMILES string of the molecule is CCc1ccc(C2CNCCN2S(=O)(=O)N2CC(C)OC(C)C2)cc1.Cl. The zero-order valence-electron chi connectivity index (χ0n) is 15.7. The van der Waals surface area contributed by atoms with Crippen molar-refractivity contribution in [3.63, 3.8) is 0 Å². The first kappa shape index (κ1) is 21.6. The Kier molecular flexibility index (Phi) is 7.47. The molecule has 1 aromatic rings. The van der Waals surface area contributed by atoms with Gasteiger partial charge in [-0.2, -0.15) is 17.0 Å². The Morgan fingerprint density at radius 1 is 1.15 bits per heavy atom. The van der Waals surface area contributed by atoms with Crippen molar-refractivity contribution >= 4 is 22.6 Å². The van der Waals surface area contributed by atoms with E-state index in [9.17, 15) is 8.42 Å². The van der Waals surface area contributed by atoms with Crippen LogP contribution in [0.3, 0.4) is 0 Å². The predicted molar refractivity (Wildman–Crippen MR) is 106 cm³/mol. The molecule has 2 aliphatic heterocycles. The van der Waals surface area contributed by atoms with Gasteiger partial charge in [0.2, 0.25) is 0 Å². The monoisotopic (exact) mass is 403 g/mol. The van der Waals surface area contributed by atoms with E-state index in [1.165, 1.54) is 5.56 Å². The molecule has 1 aromatic carbocycles. The summed E-state index contributed by atoms with van der Waals surface area (Å²) in [5.41, 5.74) is 2.31. The fourth-order valence-electron chi connectivity index (χ4n) is 3.69. The normalized spacial score (nSPS) is 28.5. The Hall–Kier alpha value is -0.700. The summed E-state index contributed by atoms with van der Waals surface area (Å²) in [7, 11) is -3.52. The average molecular weight is 404 g/mol. The molecule has 0 aliphatic carbocycles. The third-order valence-electron chi connectivity index (χ3n) is 4.98. The quantitative estimate of drug-likeness (QED) is 0.834. The largest absolute Gasteiger partial charge is 0.373 e. The molecule has 3 atom stereocenters. The van der Waals surface area contributed by atoms with Crippen LogP contribution in [0.4, 0.5) is 0 Å². The van der Waals surface area contributed by atoms with Gasteiger partial charge in [-0.3, -0.25) is 0 Å². The predicted octanol–water partition coefficient (Wildman–Crippen LogP) is 1.97. The summed E-state index contributed by atoms with van der Waals surface area (Å²) in [4.78, 5) is 0. The lowest BCUT2D eigenvalue weighted by molar-refractivity contribution is -0.0459. The zero-order valence-corrected chi connectivity index (χ0v) is 17.4. The zero-order chi connectivity index (χ0) is 18.0. The Balaban J connectivity index is 0.00000243. The van der Waals surface area contributed by atoms with Crippen LogP contribution < -0.4 is 5.32 Å². The van der Waals surface area contributed by atoms with Gasteiger partial charge in [0, 0.05) is 32.7 Å². The van der Waals surface area contributed by atoms with Crippen molar-refractivity contribution in [3.8, 4) is 0 Å². The maximum Gasteiger partial charge on any atom is 0.282 e. The van der Waals surface area contributed by atoms with Gasteiger partial charge in [-0.25, -0.2) is 0 Å². The van der Waals surface area contributed by atoms with E-state index in [-0.39, 0.29) is 30.7 Å². The number of halogens is 1. The van der Waals surface area contributed by atoms with Crippen LogP contribution in [0.2, 0.25) is 0 Å². The van der Waals surface area contributed by atoms with Gasteiger partial charge >= 0.3 is 0 Å². The van der Waals surface area contributed by atoms with Crippen LogP contribution in [-0.4, -0.2) is 62.0 Å². The smallest absolute Gasteiger partial charge is 0.282 e. The number of rotatable bonds is 4. The number of piperazine rings is 1. The minimum Gasteiger partial charge on any atom is -0.373 e. The number of ether oxygens (including phenoxy) is 1. The van der Waals surface area contributed by atoms with Gasteiger partial charge in [-0.05, 0) is 31.4 Å². The van der Waals surface area contributed by atoms with E-state index >= 15 is 0 Å². The molecular weight excluding hydrogens is 374 g/mol. The molecule has 2 aliphatic rings. The summed E-state index contributed by atoms with van der Waals surface area (Å²) in [5.74, 6) is 0. The van der Waals surface area contributed by atoms with E-state index in [2.05, 4.69) is 36.5 Å². The molecule has 0 radical (unpaired) electrons. The Morgan fingerprint density at radius 3 is 2.35 bits per heavy atom. The molecular formula is C18H30ClN3O3S. The summed E-state index contributed by atoms with van der Waals surface area (Å²) >= 11 is 0. The minimum absolute atomic E-state index is 0. The average Bonchev–Trinajstić information content (AvgIpc) is 2.61. The number of hydrogen-bond acceptors (Lipinski definition) is 4. The molecule has 0 amide bonds. The van der Waals surface area contributed by atoms with Crippen LogP contribution in [-0.2, 0) is 21.4 Å². The van der Waals surface area contributed by atoms with Crippen molar-refractivity contribution in [2.24, 2.45) is 0 Å². The van der Waals surface area contributed by atoms with Crippen molar-refractivity contribution in [1.82, 2.24) is 13.9 Å². The summed E-state index contributed by atoms with van der Waals surface area (Å²) in [6.07, 6.45) is 0.821. The molecule has 26 heavy (non-hydrogen) atoms. The fraction of sp³-hybridized carbons (Fsp3) is 0.667. The Bertz CT molecular complexity index is 673. The number of benzene rings is 1. The highest BCUT2D eigenvalue weighted by molar-refractivity contribution is 7.86. The van der Waals surface area contributed by atoms with Crippen LogP contribution in [0, 0.1) is 0 Å². The van der Waals surface area contributed by atoms with Gasteiger partial charge < -0.3 is 10.1 Å². The molecule has 0 spiro atoms. The van der Waals surface area contributed by atoms with Crippen LogP contribution in [0.5, 0.6) is 0 Å². The highest BCUT2D eigenvalue weighted by atomic mass is 35.5. The standard InChI is InChI=1S/C18H29N3O3S.ClH/c1-4-16-5-7-17(8-6-16)18-11-19-9-10-21(18)25(22,23)20-12-14(2)24-15(3)13-20;/h5-8,14-15,18-19H,4,9-13H2,1-3H3;1H. The van der Waals surface area contributed by atoms with Crippen LogP contribution in [0.25, 0.3) is 0 Å². The third-order valence-corrected chi connectivity index (χ3v) is 6.96. The van der Waals surface area contributed by atoms with Crippen LogP contribution >= 0.6 is 12.4 Å². The maximum absolute atomic E-state index is 13.3. The Morgan fingerprint density at radius 2 is 1.77 bits per heavy atom. The Labute approximate surface area is 163 Å². The first-order chi connectivity index (χ1) is 11.9. The fourth-order valence-corrected chi connectivity index (χ4v) is 5.62. The number of nitrogens with zero attached hydrogens (tertiary/aromatic N) is 2. The van der Waals surface area contributed by atoms with E-state index in [0.29, 0.717) is 32.7 Å². The van der Waals surface area contributed by atoms with Gasteiger partial charge in [0.25, 0.3) is 10.2 Å². The molecule has 6 nitrogen and oxygen atoms in total. The molecule has 1 N–H and O–H groups in total. The molecule has 2 fully saturated rings. The van der Waals surface area contributed by atoms with Gasteiger partial charge in [-0.15, -0.1) is 12.4 Å². The van der Waals surface area contributed by atoms with Crippen molar-refractivity contribution in [2.45, 2.75) is 45.4 Å². The van der Waals surface area contributed by atoms with E-state index in [4.69, 9.17) is 4.74 Å². The topological polar surface area (TPSA) is 61.9 Å². The van der Waals surface area contributed by atoms with Crippen LogP contribution in [0.1, 0.15) is 37.9 Å². The van der Waals surface area contributed by atoms with E-state index in [1.807, 2.05) is 13.8 Å². The maximum atomic E-state index is 13.3. The van der Waals surface area contributed by atoms with Crippen molar-refractivity contribution < 1.29 is 13.2 Å². The first-order valence-electron chi connectivity index (χ1n) is 9.13. The van der Waals surface area contributed by atoms with E-state index in [0.717, 1.165) is 12.0 Å². The third kappa shape index (κ3) is 4.58. The number of aryl methyl sites for hydroxylation is 1. The molecule has 8 heteroatoms. The highest BCUT2D eigenvalue weighted by Gasteiger charge is 2.40. The van der Waals surface area contributed by atoms with Crippen molar-refractivity contribution in [1.29, 1.82) is 0 Å². The second-order valence-electron chi connectivity index (χ2n) is 7.01. The number of hydrogen-bond donors (Lipinski definition) is 1. The van der Waals surface area contributed by atoms with E-state index < -0.39 is 10.2 Å². The lowest BCUT2D eigenvalue weighted by Crippen LogP contribution is -2.57. The second kappa shape index (κ2) is 8.99. The molecule has 0 saturated carbocycles. The highest BCUT2D eigenvalue weighted by Crippen LogP contribution is 2.28. The summed E-state index contributed by atoms with van der Waals surface area (Å²) in [6, 6.07) is 8.13. The van der Waals surface area contributed by atoms with Gasteiger partial charge in [-0.1, -0.05) is 31.2 Å². The number of morpholine rings is 1. The molecule has 2 heterocycles. The molecule has 3 rings (SSSR count). The van der Waals surface area contributed by atoms with Gasteiger partial charge in [0.05, 0.1) is 18.2 Å². The lowest BCUT2D eigenvalue weighted by Gasteiger charge is -2.41. The molecule has 2 saturated heterocycles. The minimum atomic E-state index is -3.52. The molecule has 148 valence electrons. The molecule has 0 aromatic heterocycles. The molecule has 3 unspecified atom stereocenters. The summed E-state index contributed by atoms with van der Waals surface area (Å²) in [6.45, 7) is 8.61. The van der Waals surface area contributed by atoms with E-state index in [1.54, 1.807) is 8.61 Å². The summed E-state index contributed by atoms with van der Waals surface area (Å²) in [5, 5.41) is 3.34. The van der Waals surface area contributed by atoms with Crippen molar-refractivity contribution in [3.05, 3.63) is 35.4 Å².